The van der Waals surface area contributed by atoms with Crippen LogP contribution < -0.4 is 9.75 Å². The molecule has 0 aliphatic rings. The first-order chi connectivity index (χ1) is 16.7. The van der Waals surface area contributed by atoms with Crippen LogP contribution in [0.3, 0.4) is 0 Å². The predicted octanol–water partition coefficient (Wildman–Crippen LogP) is 8.32. The SMILES string of the molecule is Cc1cc2c(oc3c(C)c(F)ccc32)c(-c2cc(C)c3cc([Si](C)(C)C(C)(C)C)ccc3[n+]2C)c1C. The standard InChI is InChI=1S/C32H37FNOSi/c1-18-15-25-23-12-13-26(33)21(4)30(23)35-31(25)29(20(18)3)28-16-19(2)24-17-22(11-14-27(24)34(28)8)36(9,10)32(5,6)7/h11-17H,1-10H3/q+1. The number of hydrogen-bond donors (Lipinski definition) is 0. The van der Waals surface area contributed by atoms with E-state index in [-0.39, 0.29) is 10.9 Å². The van der Waals surface area contributed by atoms with Crippen LogP contribution in [0.2, 0.25) is 18.1 Å². The number of furan rings is 1. The predicted molar refractivity (Wildman–Crippen MR) is 154 cm³/mol. The first-order valence-electron chi connectivity index (χ1n) is 12.8. The maximum absolute atomic E-state index is 14.4. The third-order valence-corrected chi connectivity index (χ3v) is 14.5. The Morgan fingerprint density at radius 2 is 1.47 bits per heavy atom. The highest BCUT2D eigenvalue weighted by molar-refractivity contribution is 6.92. The molecule has 0 saturated carbocycles. The van der Waals surface area contributed by atoms with Gasteiger partial charge in [0.05, 0.1) is 13.6 Å². The molecule has 0 radical (unpaired) electrons. The van der Waals surface area contributed by atoms with Gasteiger partial charge in [-0.25, -0.2) is 4.39 Å². The molecule has 0 bridgehead atoms. The lowest BCUT2D eigenvalue weighted by molar-refractivity contribution is -0.633. The molecule has 0 fully saturated rings. The Kier molecular flexibility index (Phi) is 5.49. The second kappa shape index (κ2) is 8.01. The summed E-state index contributed by atoms with van der Waals surface area (Å²) in [4.78, 5) is 0. The number of hydrogen-bond acceptors (Lipinski definition) is 1. The van der Waals surface area contributed by atoms with Crippen molar-refractivity contribution in [3.05, 3.63) is 70.5 Å². The smallest absolute Gasteiger partial charge is 0.217 e. The quantitative estimate of drug-likeness (QED) is 0.177. The highest BCUT2D eigenvalue weighted by Crippen LogP contribution is 2.41. The zero-order valence-corrected chi connectivity index (χ0v) is 24.3. The maximum Gasteiger partial charge on any atom is 0.217 e. The van der Waals surface area contributed by atoms with E-state index >= 15 is 0 Å². The van der Waals surface area contributed by atoms with Gasteiger partial charge < -0.3 is 4.42 Å². The molecule has 0 N–H and O–H groups in total. The van der Waals surface area contributed by atoms with Gasteiger partial charge in [0.1, 0.15) is 24.0 Å². The molecule has 3 aromatic carbocycles. The van der Waals surface area contributed by atoms with Gasteiger partial charge in [-0.3, -0.25) is 0 Å². The molecule has 186 valence electrons. The van der Waals surface area contributed by atoms with E-state index in [0.29, 0.717) is 11.1 Å². The molecule has 0 aliphatic heterocycles. The molecular formula is C32H37FNOSi+. The average molecular weight is 499 g/mol. The Morgan fingerprint density at radius 3 is 2.14 bits per heavy atom. The number of rotatable bonds is 2. The van der Waals surface area contributed by atoms with Crippen molar-refractivity contribution >= 4 is 46.1 Å². The molecule has 2 aromatic heterocycles. The molecule has 0 amide bonds. The van der Waals surface area contributed by atoms with Gasteiger partial charge in [0.2, 0.25) is 11.2 Å². The molecule has 0 spiro atoms. The Bertz CT molecular complexity index is 1700. The summed E-state index contributed by atoms with van der Waals surface area (Å²) < 4.78 is 23.1. The van der Waals surface area contributed by atoms with Crippen molar-refractivity contribution in [1.29, 1.82) is 0 Å². The number of aromatic nitrogens is 1. The van der Waals surface area contributed by atoms with Gasteiger partial charge in [0.15, 0.2) is 0 Å². The topological polar surface area (TPSA) is 17.0 Å². The molecule has 36 heavy (non-hydrogen) atoms. The lowest BCUT2D eigenvalue weighted by Crippen LogP contribution is -2.49. The van der Waals surface area contributed by atoms with Crippen molar-refractivity contribution in [3.63, 3.8) is 0 Å². The van der Waals surface area contributed by atoms with Crippen molar-refractivity contribution in [1.82, 2.24) is 0 Å². The summed E-state index contributed by atoms with van der Waals surface area (Å²) in [6, 6.07) is 14.9. The second-order valence-corrected chi connectivity index (χ2v) is 17.4. The second-order valence-electron chi connectivity index (χ2n) is 12.1. The number of aryl methyl sites for hydroxylation is 4. The van der Waals surface area contributed by atoms with Crippen LogP contribution in [-0.2, 0) is 7.05 Å². The largest absolute Gasteiger partial charge is 0.455 e. The first-order valence-corrected chi connectivity index (χ1v) is 15.8. The fourth-order valence-corrected chi connectivity index (χ4v) is 7.21. The van der Waals surface area contributed by atoms with E-state index in [9.17, 15) is 4.39 Å². The maximum atomic E-state index is 14.4. The van der Waals surface area contributed by atoms with E-state index in [1.165, 1.54) is 32.8 Å². The summed E-state index contributed by atoms with van der Waals surface area (Å²) in [6.07, 6.45) is 0. The van der Waals surface area contributed by atoms with Gasteiger partial charge in [-0.15, -0.1) is 0 Å². The number of halogens is 1. The third-order valence-electron chi connectivity index (χ3n) is 8.98. The normalized spacial score (nSPS) is 12.9. The number of benzene rings is 3. The number of pyridine rings is 1. The van der Waals surface area contributed by atoms with Crippen LogP contribution in [0, 0.1) is 33.5 Å². The van der Waals surface area contributed by atoms with Crippen LogP contribution in [0.1, 0.15) is 43.0 Å². The summed E-state index contributed by atoms with van der Waals surface area (Å²) in [5.74, 6) is -0.235. The molecule has 0 atom stereocenters. The van der Waals surface area contributed by atoms with Crippen LogP contribution in [0.5, 0.6) is 0 Å². The van der Waals surface area contributed by atoms with Crippen molar-refractivity contribution < 1.29 is 13.4 Å². The van der Waals surface area contributed by atoms with E-state index in [4.69, 9.17) is 4.42 Å². The van der Waals surface area contributed by atoms with Crippen molar-refractivity contribution in [2.24, 2.45) is 7.05 Å². The van der Waals surface area contributed by atoms with Crippen LogP contribution in [0.15, 0.2) is 46.9 Å². The Balaban J connectivity index is 1.83. The van der Waals surface area contributed by atoms with Gasteiger partial charge in [-0.05, 0) is 73.7 Å². The van der Waals surface area contributed by atoms with Crippen LogP contribution in [0.25, 0.3) is 44.1 Å². The molecule has 2 heterocycles. The van der Waals surface area contributed by atoms with Crippen LogP contribution in [-0.4, -0.2) is 8.07 Å². The summed E-state index contributed by atoms with van der Waals surface area (Å²) >= 11 is 0. The van der Waals surface area contributed by atoms with E-state index < -0.39 is 8.07 Å². The first kappa shape index (κ1) is 24.7. The van der Waals surface area contributed by atoms with Crippen molar-refractivity contribution in [3.8, 4) is 11.3 Å². The van der Waals surface area contributed by atoms with Crippen molar-refractivity contribution in [2.75, 3.05) is 0 Å². The Morgan fingerprint density at radius 1 is 0.778 bits per heavy atom. The summed E-state index contributed by atoms with van der Waals surface area (Å²) in [5, 5.41) is 5.07. The molecule has 5 rings (SSSR count). The molecule has 0 unspecified atom stereocenters. The van der Waals surface area contributed by atoms with Crippen molar-refractivity contribution in [2.45, 2.75) is 66.6 Å². The van der Waals surface area contributed by atoms with Gasteiger partial charge in [-0.2, -0.15) is 4.57 Å². The van der Waals surface area contributed by atoms with E-state index in [0.717, 1.165) is 27.6 Å². The van der Waals surface area contributed by atoms with Gasteiger partial charge in [0, 0.05) is 33.9 Å². The molecule has 0 aliphatic carbocycles. The minimum absolute atomic E-state index is 0.235. The van der Waals surface area contributed by atoms with E-state index in [1.807, 2.05) is 6.07 Å². The third kappa shape index (κ3) is 3.45. The molecule has 0 saturated heterocycles. The van der Waals surface area contributed by atoms with Crippen LogP contribution >= 0.6 is 0 Å². The minimum Gasteiger partial charge on any atom is -0.455 e. The lowest BCUT2D eigenvalue weighted by Gasteiger charge is -2.37. The number of nitrogens with zero attached hydrogens (tertiary/aromatic N) is 1. The lowest BCUT2D eigenvalue weighted by atomic mass is 9.94. The monoisotopic (exact) mass is 498 g/mol. The van der Waals surface area contributed by atoms with Gasteiger partial charge in [0.25, 0.3) is 0 Å². The highest BCUT2D eigenvalue weighted by Gasteiger charge is 2.37. The summed E-state index contributed by atoms with van der Waals surface area (Å²) in [7, 11) is 0.490. The molecular weight excluding hydrogens is 461 g/mol. The summed E-state index contributed by atoms with van der Waals surface area (Å²) in [5.41, 5.74) is 9.07. The fourth-order valence-electron chi connectivity index (χ4n) is 5.34. The zero-order valence-electron chi connectivity index (χ0n) is 23.3. The highest BCUT2D eigenvalue weighted by atomic mass is 28.3. The average Bonchev–Trinajstić information content (AvgIpc) is 3.17. The van der Waals surface area contributed by atoms with E-state index in [2.05, 4.69) is 96.6 Å². The van der Waals surface area contributed by atoms with Crippen LogP contribution in [0.4, 0.5) is 4.39 Å². The molecule has 4 heteroatoms. The number of fused-ring (bicyclic) bond motifs is 4. The molecule has 2 nitrogen and oxygen atoms in total. The Hall–Kier alpha value is -2.98. The minimum atomic E-state index is -1.65. The molecule has 5 aromatic rings. The fraction of sp³-hybridized carbons (Fsp3) is 0.344. The van der Waals surface area contributed by atoms with Gasteiger partial charge >= 0.3 is 0 Å². The van der Waals surface area contributed by atoms with E-state index in [1.54, 1.807) is 13.0 Å². The van der Waals surface area contributed by atoms with Gasteiger partial charge in [-0.1, -0.05) is 45.1 Å². The Labute approximate surface area is 214 Å². The zero-order chi connectivity index (χ0) is 26.3. The summed E-state index contributed by atoms with van der Waals surface area (Å²) in [6.45, 7) is 20.3.